The molecule has 100 valence electrons. The molecule has 1 N–H and O–H groups in total. The highest BCUT2D eigenvalue weighted by Crippen LogP contribution is 2.28. The number of nitrogens with one attached hydrogen (secondary N) is 1. The SMILES string of the molecule is CCc1nnsc1C(=O)NCCCOCC1CC1. The van der Waals surface area contributed by atoms with E-state index in [4.69, 9.17) is 4.74 Å². The highest BCUT2D eigenvalue weighted by Gasteiger charge is 2.20. The van der Waals surface area contributed by atoms with Gasteiger partial charge >= 0.3 is 0 Å². The van der Waals surface area contributed by atoms with Crippen LogP contribution < -0.4 is 5.32 Å². The van der Waals surface area contributed by atoms with Gasteiger partial charge in [0.1, 0.15) is 4.88 Å². The number of carbonyl (C=O) groups is 1. The number of ether oxygens (including phenoxy) is 1. The van der Waals surface area contributed by atoms with E-state index < -0.39 is 0 Å². The minimum absolute atomic E-state index is 0.0657. The van der Waals surface area contributed by atoms with Crippen molar-refractivity contribution in [3.63, 3.8) is 0 Å². The Morgan fingerprint density at radius 2 is 2.39 bits per heavy atom. The Bertz CT molecular complexity index is 390. The highest BCUT2D eigenvalue weighted by atomic mass is 32.1. The Morgan fingerprint density at radius 3 is 3.11 bits per heavy atom. The average Bonchev–Trinajstić information content (AvgIpc) is 3.07. The second-order valence-electron chi connectivity index (χ2n) is 4.53. The Labute approximate surface area is 111 Å². The molecule has 0 bridgehead atoms. The summed E-state index contributed by atoms with van der Waals surface area (Å²) in [5, 5.41) is 6.80. The van der Waals surface area contributed by atoms with Crippen molar-refractivity contribution in [2.75, 3.05) is 19.8 Å². The molecule has 1 aromatic heterocycles. The fraction of sp³-hybridized carbons (Fsp3) is 0.750. The number of carbonyl (C=O) groups excluding carboxylic acids is 1. The van der Waals surface area contributed by atoms with Gasteiger partial charge in [-0.05, 0) is 43.1 Å². The maximum absolute atomic E-state index is 11.8. The normalized spacial score (nSPS) is 14.7. The van der Waals surface area contributed by atoms with Crippen LogP contribution in [-0.2, 0) is 11.2 Å². The van der Waals surface area contributed by atoms with Crippen molar-refractivity contribution >= 4 is 17.4 Å². The Hall–Kier alpha value is -1.01. The smallest absolute Gasteiger partial charge is 0.264 e. The minimum atomic E-state index is -0.0657. The predicted octanol–water partition coefficient (Wildman–Crippen LogP) is 1.65. The zero-order chi connectivity index (χ0) is 12.8. The first-order valence-corrected chi connectivity index (χ1v) is 7.25. The van der Waals surface area contributed by atoms with Crippen molar-refractivity contribution in [1.29, 1.82) is 0 Å². The fourth-order valence-corrected chi connectivity index (χ4v) is 2.27. The number of hydrogen-bond acceptors (Lipinski definition) is 5. The van der Waals surface area contributed by atoms with Crippen LogP contribution in [0, 0.1) is 5.92 Å². The Kier molecular flexibility index (Phi) is 5.07. The molecule has 0 atom stereocenters. The second-order valence-corrected chi connectivity index (χ2v) is 5.28. The highest BCUT2D eigenvalue weighted by molar-refractivity contribution is 7.08. The summed E-state index contributed by atoms with van der Waals surface area (Å²) in [4.78, 5) is 12.5. The molecule has 0 unspecified atom stereocenters. The van der Waals surface area contributed by atoms with E-state index in [-0.39, 0.29) is 5.91 Å². The first-order valence-electron chi connectivity index (χ1n) is 6.48. The molecule has 6 heteroatoms. The number of hydrogen-bond donors (Lipinski definition) is 1. The van der Waals surface area contributed by atoms with Gasteiger partial charge in [0, 0.05) is 19.8 Å². The summed E-state index contributed by atoms with van der Waals surface area (Å²) in [6, 6.07) is 0. The molecular weight excluding hydrogens is 250 g/mol. The maximum Gasteiger partial charge on any atom is 0.264 e. The molecule has 5 nitrogen and oxygen atoms in total. The van der Waals surface area contributed by atoms with E-state index in [2.05, 4.69) is 14.9 Å². The third-order valence-corrected chi connectivity index (χ3v) is 3.67. The summed E-state index contributed by atoms with van der Waals surface area (Å²) in [5.41, 5.74) is 0.780. The summed E-state index contributed by atoms with van der Waals surface area (Å²) in [6.45, 7) is 4.22. The van der Waals surface area contributed by atoms with Crippen LogP contribution >= 0.6 is 11.5 Å². The van der Waals surface area contributed by atoms with E-state index in [0.717, 1.165) is 49.2 Å². The number of aryl methyl sites for hydroxylation is 1. The Balaban J connectivity index is 1.59. The van der Waals surface area contributed by atoms with Crippen molar-refractivity contribution in [1.82, 2.24) is 14.9 Å². The molecule has 1 fully saturated rings. The summed E-state index contributed by atoms with van der Waals surface area (Å²) in [6.07, 6.45) is 4.22. The Morgan fingerprint density at radius 1 is 1.56 bits per heavy atom. The van der Waals surface area contributed by atoms with Gasteiger partial charge in [0.25, 0.3) is 5.91 Å². The van der Waals surface area contributed by atoms with Gasteiger partial charge in [-0.2, -0.15) is 0 Å². The topological polar surface area (TPSA) is 64.1 Å². The molecule has 0 aliphatic heterocycles. The molecule has 1 aliphatic carbocycles. The molecule has 1 aromatic rings. The van der Waals surface area contributed by atoms with Crippen LogP contribution in [0.5, 0.6) is 0 Å². The van der Waals surface area contributed by atoms with Crippen molar-refractivity contribution in [3.8, 4) is 0 Å². The first-order chi connectivity index (χ1) is 8.81. The average molecular weight is 269 g/mol. The monoisotopic (exact) mass is 269 g/mol. The van der Waals surface area contributed by atoms with Crippen molar-refractivity contribution in [3.05, 3.63) is 10.6 Å². The largest absolute Gasteiger partial charge is 0.381 e. The van der Waals surface area contributed by atoms with Gasteiger partial charge in [-0.25, -0.2) is 0 Å². The lowest BCUT2D eigenvalue weighted by Crippen LogP contribution is -2.25. The fourth-order valence-electron chi connectivity index (χ4n) is 1.60. The number of nitrogens with zero attached hydrogens (tertiary/aromatic N) is 2. The van der Waals surface area contributed by atoms with Crippen molar-refractivity contribution < 1.29 is 9.53 Å². The molecule has 0 spiro atoms. The van der Waals surface area contributed by atoms with Gasteiger partial charge in [0.2, 0.25) is 0 Å². The second kappa shape index (κ2) is 6.80. The molecule has 1 amide bonds. The van der Waals surface area contributed by atoms with E-state index in [0.29, 0.717) is 11.4 Å². The van der Waals surface area contributed by atoms with E-state index in [1.165, 1.54) is 12.8 Å². The van der Waals surface area contributed by atoms with E-state index in [1.54, 1.807) is 0 Å². The van der Waals surface area contributed by atoms with Crippen LogP contribution in [0.25, 0.3) is 0 Å². The lowest BCUT2D eigenvalue weighted by Gasteiger charge is -2.05. The van der Waals surface area contributed by atoms with Crippen LogP contribution in [0.4, 0.5) is 0 Å². The summed E-state index contributed by atoms with van der Waals surface area (Å²) >= 11 is 1.16. The van der Waals surface area contributed by atoms with Gasteiger partial charge in [-0.1, -0.05) is 11.4 Å². The van der Waals surface area contributed by atoms with Crippen LogP contribution in [0.2, 0.25) is 0 Å². The van der Waals surface area contributed by atoms with Crippen LogP contribution in [0.1, 0.15) is 41.6 Å². The molecule has 1 saturated carbocycles. The summed E-state index contributed by atoms with van der Waals surface area (Å²) in [7, 11) is 0. The first kappa shape index (κ1) is 13.4. The van der Waals surface area contributed by atoms with Crippen molar-refractivity contribution in [2.45, 2.75) is 32.6 Å². The third kappa shape index (κ3) is 4.03. The van der Waals surface area contributed by atoms with Crippen LogP contribution in [-0.4, -0.2) is 35.3 Å². The minimum Gasteiger partial charge on any atom is -0.381 e. The predicted molar refractivity (Wildman–Crippen MR) is 69.8 cm³/mol. The number of rotatable bonds is 8. The van der Waals surface area contributed by atoms with Crippen LogP contribution in [0.3, 0.4) is 0 Å². The number of aromatic nitrogens is 2. The zero-order valence-electron chi connectivity index (χ0n) is 10.6. The standard InChI is InChI=1S/C12H19N3O2S/c1-2-10-11(18-15-14-10)12(16)13-6-3-7-17-8-9-4-5-9/h9H,2-8H2,1H3,(H,13,16). The van der Waals surface area contributed by atoms with Crippen LogP contribution in [0.15, 0.2) is 0 Å². The lowest BCUT2D eigenvalue weighted by molar-refractivity contribution is 0.0940. The molecule has 0 saturated heterocycles. The zero-order valence-corrected chi connectivity index (χ0v) is 11.5. The van der Waals surface area contributed by atoms with Gasteiger partial charge in [0.15, 0.2) is 0 Å². The number of amides is 1. The summed E-state index contributed by atoms with van der Waals surface area (Å²) in [5.74, 6) is 0.735. The van der Waals surface area contributed by atoms with E-state index in [1.807, 2.05) is 6.92 Å². The molecule has 1 heterocycles. The van der Waals surface area contributed by atoms with E-state index in [9.17, 15) is 4.79 Å². The van der Waals surface area contributed by atoms with Gasteiger partial charge < -0.3 is 10.1 Å². The molecule has 1 aliphatic rings. The molecule has 0 radical (unpaired) electrons. The van der Waals surface area contributed by atoms with Gasteiger partial charge in [-0.3, -0.25) is 4.79 Å². The maximum atomic E-state index is 11.8. The molecule has 18 heavy (non-hydrogen) atoms. The van der Waals surface area contributed by atoms with Gasteiger partial charge in [-0.15, -0.1) is 5.10 Å². The van der Waals surface area contributed by atoms with Gasteiger partial charge in [0.05, 0.1) is 5.69 Å². The van der Waals surface area contributed by atoms with E-state index >= 15 is 0 Å². The lowest BCUT2D eigenvalue weighted by atomic mass is 10.3. The quantitative estimate of drug-likeness (QED) is 0.729. The molecular formula is C12H19N3O2S. The molecule has 0 aromatic carbocycles. The summed E-state index contributed by atoms with van der Waals surface area (Å²) < 4.78 is 9.31. The van der Waals surface area contributed by atoms with Crippen molar-refractivity contribution in [2.24, 2.45) is 5.92 Å². The molecule has 2 rings (SSSR count). The third-order valence-electron chi connectivity index (χ3n) is 2.90.